The number of nitrogens with zero attached hydrogens (tertiary/aromatic N) is 1. The lowest BCUT2D eigenvalue weighted by Crippen LogP contribution is -2.28. The molecule has 0 radical (unpaired) electrons. The SMILES string of the molecule is COc1ccc(NC(=O)CSCC(=O)NCCc2ccccn2)cc1. The highest BCUT2D eigenvalue weighted by atomic mass is 32.2. The topological polar surface area (TPSA) is 80.3 Å². The zero-order valence-corrected chi connectivity index (χ0v) is 14.8. The number of carbonyl (C=O) groups is 2. The summed E-state index contributed by atoms with van der Waals surface area (Å²) in [4.78, 5) is 27.8. The van der Waals surface area contributed by atoms with Crippen molar-refractivity contribution in [1.82, 2.24) is 10.3 Å². The van der Waals surface area contributed by atoms with E-state index in [2.05, 4.69) is 15.6 Å². The van der Waals surface area contributed by atoms with Crippen LogP contribution in [0.3, 0.4) is 0 Å². The highest BCUT2D eigenvalue weighted by Crippen LogP contribution is 2.15. The molecule has 7 heteroatoms. The maximum absolute atomic E-state index is 11.8. The number of anilines is 1. The van der Waals surface area contributed by atoms with Crippen molar-refractivity contribution in [2.24, 2.45) is 0 Å². The van der Waals surface area contributed by atoms with Crippen LogP contribution in [-0.2, 0) is 16.0 Å². The van der Waals surface area contributed by atoms with Gasteiger partial charge in [0.25, 0.3) is 0 Å². The maximum Gasteiger partial charge on any atom is 0.234 e. The number of thioether (sulfide) groups is 1. The molecule has 0 fully saturated rings. The van der Waals surface area contributed by atoms with Gasteiger partial charge in [-0.3, -0.25) is 14.6 Å². The van der Waals surface area contributed by atoms with Crippen LogP contribution in [-0.4, -0.2) is 42.0 Å². The average molecular weight is 359 g/mol. The highest BCUT2D eigenvalue weighted by molar-refractivity contribution is 8.00. The summed E-state index contributed by atoms with van der Waals surface area (Å²) in [7, 11) is 1.59. The quantitative estimate of drug-likeness (QED) is 0.717. The van der Waals surface area contributed by atoms with E-state index in [1.165, 1.54) is 11.8 Å². The van der Waals surface area contributed by atoms with Crippen LogP contribution < -0.4 is 15.4 Å². The van der Waals surface area contributed by atoms with E-state index in [0.29, 0.717) is 18.7 Å². The second-order valence-electron chi connectivity index (χ2n) is 5.19. The predicted octanol–water partition coefficient (Wildman–Crippen LogP) is 2.12. The van der Waals surface area contributed by atoms with Gasteiger partial charge in [0.15, 0.2) is 0 Å². The molecule has 132 valence electrons. The van der Waals surface area contributed by atoms with Gasteiger partial charge in [0.2, 0.25) is 11.8 Å². The summed E-state index contributed by atoms with van der Waals surface area (Å²) in [5.74, 6) is 0.974. The fraction of sp³-hybridized carbons (Fsp3) is 0.278. The molecule has 0 aliphatic rings. The number of methoxy groups -OCH3 is 1. The number of amides is 2. The van der Waals surface area contributed by atoms with Crippen LogP contribution in [0.5, 0.6) is 5.75 Å². The normalized spacial score (nSPS) is 10.1. The summed E-state index contributed by atoms with van der Waals surface area (Å²) < 4.78 is 5.06. The number of benzene rings is 1. The summed E-state index contributed by atoms with van der Waals surface area (Å²) in [5, 5.41) is 5.60. The van der Waals surface area contributed by atoms with Crippen molar-refractivity contribution in [1.29, 1.82) is 0 Å². The van der Waals surface area contributed by atoms with Crippen molar-refractivity contribution in [2.75, 3.05) is 30.5 Å². The van der Waals surface area contributed by atoms with Gasteiger partial charge in [-0.1, -0.05) is 6.07 Å². The Morgan fingerprint density at radius 2 is 1.84 bits per heavy atom. The van der Waals surface area contributed by atoms with E-state index in [4.69, 9.17) is 4.74 Å². The Hall–Kier alpha value is -2.54. The summed E-state index contributed by atoms with van der Waals surface area (Å²) in [6.07, 6.45) is 2.42. The number of aromatic nitrogens is 1. The minimum atomic E-state index is -0.142. The van der Waals surface area contributed by atoms with E-state index in [1.54, 1.807) is 37.6 Å². The molecule has 1 heterocycles. The van der Waals surface area contributed by atoms with E-state index in [-0.39, 0.29) is 23.3 Å². The first-order chi connectivity index (χ1) is 12.2. The number of hydrogen-bond donors (Lipinski definition) is 2. The molecule has 1 aromatic carbocycles. The molecule has 2 amide bonds. The molecule has 0 aliphatic heterocycles. The molecule has 0 aliphatic carbocycles. The molecule has 1 aromatic heterocycles. The second-order valence-corrected chi connectivity index (χ2v) is 6.18. The first kappa shape index (κ1) is 18.8. The van der Waals surface area contributed by atoms with Gasteiger partial charge in [-0.25, -0.2) is 0 Å². The van der Waals surface area contributed by atoms with Crippen molar-refractivity contribution in [2.45, 2.75) is 6.42 Å². The second kappa shape index (κ2) is 10.4. The largest absolute Gasteiger partial charge is 0.497 e. The third-order valence-corrected chi connectivity index (χ3v) is 4.20. The van der Waals surface area contributed by atoms with Gasteiger partial charge in [0.05, 0.1) is 18.6 Å². The molecule has 0 unspecified atom stereocenters. The molecule has 0 spiro atoms. The number of rotatable bonds is 9. The van der Waals surface area contributed by atoms with E-state index >= 15 is 0 Å². The van der Waals surface area contributed by atoms with Crippen LogP contribution in [0.1, 0.15) is 5.69 Å². The molecule has 25 heavy (non-hydrogen) atoms. The first-order valence-corrected chi connectivity index (χ1v) is 9.01. The molecular formula is C18H21N3O3S. The smallest absolute Gasteiger partial charge is 0.234 e. The third kappa shape index (κ3) is 7.26. The molecule has 2 rings (SSSR count). The Bertz CT molecular complexity index is 678. The van der Waals surface area contributed by atoms with Crippen molar-refractivity contribution in [3.8, 4) is 5.75 Å². The molecule has 2 N–H and O–H groups in total. The Morgan fingerprint density at radius 1 is 1.08 bits per heavy atom. The van der Waals surface area contributed by atoms with Gasteiger partial charge in [-0.05, 0) is 36.4 Å². The molecular weight excluding hydrogens is 338 g/mol. The number of carbonyl (C=O) groups excluding carboxylic acids is 2. The number of nitrogens with one attached hydrogen (secondary N) is 2. The van der Waals surface area contributed by atoms with Crippen molar-refractivity contribution < 1.29 is 14.3 Å². The molecule has 0 bridgehead atoms. The fourth-order valence-electron chi connectivity index (χ4n) is 2.03. The molecule has 2 aromatic rings. The van der Waals surface area contributed by atoms with Crippen LogP contribution in [0, 0.1) is 0 Å². The van der Waals surface area contributed by atoms with Crippen LogP contribution in [0.4, 0.5) is 5.69 Å². The minimum Gasteiger partial charge on any atom is -0.497 e. The van der Waals surface area contributed by atoms with Gasteiger partial charge in [0, 0.05) is 30.5 Å². The van der Waals surface area contributed by atoms with Crippen molar-refractivity contribution >= 4 is 29.3 Å². The Labute approximate surface area is 151 Å². The molecule has 6 nitrogen and oxygen atoms in total. The number of hydrogen-bond acceptors (Lipinski definition) is 5. The van der Waals surface area contributed by atoms with Crippen LogP contribution in [0.25, 0.3) is 0 Å². The van der Waals surface area contributed by atoms with Crippen LogP contribution in [0.2, 0.25) is 0 Å². The summed E-state index contributed by atoms with van der Waals surface area (Å²) in [6.45, 7) is 0.536. The minimum absolute atomic E-state index is 0.0850. The molecule has 0 atom stereocenters. The van der Waals surface area contributed by atoms with Crippen molar-refractivity contribution in [3.05, 3.63) is 54.4 Å². The average Bonchev–Trinajstić information content (AvgIpc) is 2.63. The first-order valence-electron chi connectivity index (χ1n) is 7.85. The highest BCUT2D eigenvalue weighted by Gasteiger charge is 2.06. The maximum atomic E-state index is 11.8. The fourth-order valence-corrected chi connectivity index (χ4v) is 2.68. The van der Waals surface area contributed by atoms with Gasteiger partial charge < -0.3 is 15.4 Å². The monoisotopic (exact) mass is 359 g/mol. The van der Waals surface area contributed by atoms with Crippen LogP contribution in [0.15, 0.2) is 48.7 Å². The summed E-state index contributed by atoms with van der Waals surface area (Å²) in [6, 6.07) is 12.8. The van der Waals surface area contributed by atoms with Gasteiger partial charge in [-0.15, -0.1) is 11.8 Å². The Balaban J connectivity index is 1.59. The Kier molecular flexibility index (Phi) is 7.78. The molecule has 0 saturated heterocycles. The lowest BCUT2D eigenvalue weighted by molar-refractivity contribution is -0.118. The Morgan fingerprint density at radius 3 is 2.52 bits per heavy atom. The van der Waals surface area contributed by atoms with E-state index in [9.17, 15) is 9.59 Å². The predicted molar refractivity (Wildman–Crippen MR) is 99.9 cm³/mol. The third-order valence-electron chi connectivity index (χ3n) is 3.27. The lowest BCUT2D eigenvalue weighted by atomic mass is 10.3. The zero-order chi connectivity index (χ0) is 17.9. The van der Waals surface area contributed by atoms with Crippen LogP contribution >= 0.6 is 11.8 Å². The standard InChI is InChI=1S/C18H21N3O3S/c1-24-16-7-5-15(6-8-16)21-18(23)13-25-12-17(22)20-11-9-14-4-2-3-10-19-14/h2-8,10H,9,11-13H2,1H3,(H,20,22)(H,21,23). The zero-order valence-electron chi connectivity index (χ0n) is 14.0. The molecule has 0 saturated carbocycles. The number of pyridine rings is 1. The van der Waals surface area contributed by atoms with E-state index in [1.807, 2.05) is 18.2 Å². The van der Waals surface area contributed by atoms with Gasteiger partial charge in [0.1, 0.15) is 5.75 Å². The van der Waals surface area contributed by atoms with E-state index in [0.717, 1.165) is 11.4 Å². The van der Waals surface area contributed by atoms with Gasteiger partial charge in [-0.2, -0.15) is 0 Å². The lowest BCUT2D eigenvalue weighted by Gasteiger charge is -2.07. The summed E-state index contributed by atoms with van der Waals surface area (Å²) in [5.41, 5.74) is 1.64. The number of ether oxygens (including phenoxy) is 1. The summed E-state index contributed by atoms with van der Waals surface area (Å²) >= 11 is 1.28. The van der Waals surface area contributed by atoms with Crippen molar-refractivity contribution in [3.63, 3.8) is 0 Å². The van der Waals surface area contributed by atoms with Gasteiger partial charge >= 0.3 is 0 Å². The van der Waals surface area contributed by atoms with E-state index < -0.39 is 0 Å².